The van der Waals surface area contributed by atoms with E-state index in [1.54, 1.807) is 19.2 Å². The smallest absolute Gasteiger partial charge is 0.191 e. The summed E-state index contributed by atoms with van der Waals surface area (Å²) in [5.74, 6) is 0.0676. The number of aryl methyl sites for hydroxylation is 1. The lowest BCUT2D eigenvalue weighted by Gasteiger charge is -2.34. The number of rotatable bonds is 4. The summed E-state index contributed by atoms with van der Waals surface area (Å²) in [4.78, 5) is 6.48. The van der Waals surface area contributed by atoms with Crippen LogP contribution in [0.5, 0.6) is 0 Å². The van der Waals surface area contributed by atoms with Crippen LogP contribution in [0.25, 0.3) is 11.1 Å². The fraction of sp³-hybridized carbons (Fsp3) is 0.391. The lowest BCUT2D eigenvalue weighted by atomic mass is 9.92. The maximum atomic E-state index is 13.6. The molecule has 5 nitrogen and oxygen atoms in total. The average molecular weight is 394 g/mol. The highest BCUT2D eigenvalue weighted by Crippen LogP contribution is 2.26. The van der Waals surface area contributed by atoms with Crippen LogP contribution in [0.1, 0.15) is 29.5 Å². The Morgan fingerprint density at radius 2 is 2.00 bits per heavy atom. The second-order valence-corrected chi connectivity index (χ2v) is 7.54. The lowest BCUT2D eigenvalue weighted by Crippen LogP contribution is -2.46. The van der Waals surface area contributed by atoms with Crippen LogP contribution >= 0.6 is 0 Å². The number of halogens is 1. The van der Waals surface area contributed by atoms with Crippen molar-refractivity contribution in [3.63, 3.8) is 0 Å². The van der Waals surface area contributed by atoms with Gasteiger partial charge in [-0.25, -0.2) is 4.39 Å². The Labute approximate surface area is 171 Å². The zero-order valence-electron chi connectivity index (χ0n) is 17.2. The van der Waals surface area contributed by atoms with Crippen molar-refractivity contribution in [3.8, 4) is 17.2 Å². The van der Waals surface area contributed by atoms with Crippen LogP contribution in [0, 0.1) is 24.1 Å². The summed E-state index contributed by atoms with van der Waals surface area (Å²) in [7, 11) is 3.72. The molecule has 0 aliphatic carbocycles. The summed E-state index contributed by atoms with van der Waals surface area (Å²) in [6.07, 6.45) is 2.73. The van der Waals surface area contributed by atoms with Crippen molar-refractivity contribution in [2.45, 2.75) is 38.3 Å². The van der Waals surface area contributed by atoms with E-state index in [1.807, 2.05) is 24.1 Å². The van der Waals surface area contributed by atoms with Crippen molar-refractivity contribution in [2.75, 3.05) is 20.7 Å². The number of aliphatic imine (C=N–C) groups is 1. The number of nitrogens with two attached hydrogens (primary N) is 1. The lowest BCUT2D eigenvalue weighted by molar-refractivity contribution is 0.0691. The second kappa shape index (κ2) is 9.06. The largest absolute Gasteiger partial charge is 0.381 e. The fourth-order valence-corrected chi connectivity index (χ4v) is 3.78. The third-order valence-electron chi connectivity index (χ3n) is 5.72. The molecule has 0 saturated heterocycles. The molecule has 0 spiro atoms. The molecule has 6 heteroatoms. The summed E-state index contributed by atoms with van der Waals surface area (Å²) >= 11 is 0. The maximum Gasteiger partial charge on any atom is 0.191 e. The van der Waals surface area contributed by atoms with Crippen molar-refractivity contribution < 1.29 is 9.13 Å². The van der Waals surface area contributed by atoms with Gasteiger partial charge in [-0.2, -0.15) is 5.26 Å². The van der Waals surface area contributed by atoms with Gasteiger partial charge in [-0.05, 0) is 60.6 Å². The summed E-state index contributed by atoms with van der Waals surface area (Å²) < 4.78 is 19.2. The summed E-state index contributed by atoms with van der Waals surface area (Å²) in [5.41, 5.74) is 10.3. The van der Waals surface area contributed by atoms with Gasteiger partial charge in [0, 0.05) is 26.7 Å². The predicted molar refractivity (Wildman–Crippen MR) is 113 cm³/mol. The molecule has 1 aliphatic heterocycles. The molecule has 2 atom stereocenters. The van der Waals surface area contributed by atoms with Crippen molar-refractivity contribution in [3.05, 3.63) is 58.9 Å². The minimum atomic E-state index is -0.496. The van der Waals surface area contributed by atoms with Gasteiger partial charge in [-0.3, -0.25) is 4.99 Å². The van der Waals surface area contributed by atoms with E-state index in [-0.39, 0.29) is 17.7 Å². The topological polar surface area (TPSA) is 74.6 Å². The Balaban J connectivity index is 1.85. The zero-order valence-corrected chi connectivity index (χ0v) is 17.2. The van der Waals surface area contributed by atoms with Gasteiger partial charge < -0.3 is 15.4 Å². The first-order valence-electron chi connectivity index (χ1n) is 9.78. The molecule has 0 bridgehead atoms. The predicted octanol–water partition coefficient (Wildman–Crippen LogP) is 3.64. The Hall–Kier alpha value is -2.91. The van der Waals surface area contributed by atoms with Crippen LogP contribution in [0.4, 0.5) is 4.39 Å². The molecular weight excluding hydrogens is 367 g/mol. The molecule has 0 amide bonds. The van der Waals surface area contributed by atoms with E-state index in [2.05, 4.69) is 24.0 Å². The molecular formula is C23H27FN4O. The molecule has 29 heavy (non-hydrogen) atoms. The number of hydrogen-bond donors (Lipinski definition) is 1. The van der Waals surface area contributed by atoms with Gasteiger partial charge in [-0.15, -0.1) is 0 Å². The third-order valence-corrected chi connectivity index (χ3v) is 5.72. The molecule has 2 aromatic rings. The number of methoxy groups -OCH3 is 1. The molecule has 2 aromatic carbocycles. The monoisotopic (exact) mass is 394 g/mol. The first kappa shape index (κ1) is 20.8. The molecule has 1 heterocycles. The van der Waals surface area contributed by atoms with Gasteiger partial charge in [0.1, 0.15) is 11.9 Å². The van der Waals surface area contributed by atoms with E-state index in [9.17, 15) is 4.39 Å². The SMILES string of the molecule is COC1CC/N=C(/N)N(C)C(Cc2ccc(-c3ccc(F)c(C#N)c3)cc2C)C1. The van der Waals surface area contributed by atoms with Crippen LogP contribution in [0.15, 0.2) is 41.4 Å². The summed E-state index contributed by atoms with van der Waals surface area (Å²) in [6.45, 7) is 2.75. The minimum Gasteiger partial charge on any atom is -0.381 e. The standard InChI is InChI=1S/C23H27FN4O/c1-15-10-17(18-6-7-22(24)19(11-18)14-25)5-4-16(15)12-20-13-21(29-3)8-9-27-23(26)28(20)2/h4-7,10-11,20-21H,8-9,12-13H2,1-3H3,(H2,26,27). The third kappa shape index (κ3) is 4.75. The number of hydrogen-bond acceptors (Lipinski definition) is 5. The molecule has 1 aliphatic rings. The van der Waals surface area contributed by atoms with Crippen LogP contribution in [-0.2, 0) is 11.2 Å². The average Bonchev–Trinajstić information content (AvgIpc) is 2.72. The Morgan fingerprint density at radius 1 is 1.28 bits per heavy atom. The summed E-state index contributed by atoms with van der Waals surface area (Å²) in [5, 5.41) is 9.08. The fourth-order valence-electron chi connectivity index (χ4n) is 3.78. The van der Waals surface area contributed by atoms with E-state index in [4.69, 9.17) is 15.7 Å². The van der Waals surface area contributed by atoms with Crippen molar-refractivity contribution >= 4 is 5.96 Å². The molecule has 0 aromatic heterocycles. The van der Waals surface area contributed by atoms with Gasteiger partial charge in [0.2, 0.25) is 0 Å². The van der Waals surface area contributed by atoms with E-state index in [0.29, 0.717) is 12.5 Å². The number of benzene rings is 2. The van der Waals surface area contributed by atoms with E-state index >= 15 is 0 Å². The number of likely N-dealkylation sites (N-methyl/N-ethyl adjacent to an activating group) is 1. The maximum absolute atomic E-state index is 13.6. The highest BCUT2D eigenvalue weighted by molar-refractivity contribution is 5.78. The number of nitriles is 1. The van der Waals surface area contributed by atoms with E-state index in [0.717, 1.165) is 36.0 Å². The van der Waals surface area contributed by atoms with Gasteiger partial charge in [0.15, 0.2) is 5.96 Å². The minimum absolute atomic E-state index is 0.0562. The van der Waals surface area contributed by atoms with Crippen LogP contribution < -0.4 is 5.73 Å². The Kier molecular flexibility index (Phi) is 6.50. The number of guanidine groups is 1. The van der Waals surface area contributed by atoms with Gasteiger partial charge in [0.05, 0.1) is 11.7 Å². The van der Waals surface area contributed by atoms with Gasteiger partial charge in [-0.1, -0.05) is 24.3 Å². The number of ether oxygens (including phenoxy) is 1. The second-order valence-electron chi connectivity index (χ2n) is 7.54. The molecule has 152 valence electrons. The molecule has 0 fully saturated rings. The van der Waals surface area contributed by atoms with E-state index in [1.165, 1.54) is 11.6 Å². The first-order valence-corrected chi connectivity index (χ1v) is 9.78. The van der Waals surface area contributed by atoms with Crippen molar-refractivity contribution in [2.24, 2.45) is 10.7 Å². The molecule has 2 N–H and O–H groups in total. The number of nitrogens with zero attached hydrogens (tertiary/aromatic N) is 3. The van der Waals surface area contributed by atoms with Gasteiger partial charge in [0.25, 0.3) is 0 Å². The highest BCUT2D eigenvalue weighted by atomic mass is 19.1. The Bertz CT molecular complexity index is 950. The van der Waals surface area contributed by atoms with Crippen molar-refractivity contribution in [1.82, 2.24) is 4.90 Å². The molecule has 0 saturated carbocycles. The molecule has 2 unspecified atom stereocenters. The van der Waals surface area contributed by atoms with Crippen LogP contribution in [0.3, 0.4) is 0 Å². The summed E-state index contributed by atoms with van der Waals surface area (Å²) in [6, 6.07) is 12.9. The first-order chi connectivity index (χ1) is 13.9. The molecule has 3 rings (SSSR count). The highest BCUT2D eigenvalue weighted by Gasteiger charge is 2.24. The van der Waals surface area contributed by atoms with Crippen LogP contribution in [0.2, 0.25) is 0 Å². The van der Waals surface area contributed by atoms with E-state index < -0.39 is 5.82 Å². The Morgan fingerprint density at radius 3 is 2.69 bits per heavy atom. The van der Waals surface area contributed by atoms with Crippen LogP contribution in [-0.4, -0.2) is 43.7 Å². The quantitative estimate of drug-likeness (QED) is 0.859. The van der Waals surface area contributed by atoms with Gasteiger partial charge >= 0.3 is 0 Å². The zero-order chi connectivity index (χ0) is 21.0. The normalized spacial score (nSPS) is 21.6. The van der Waals surface area contributed by atoms with Crippen molar-refractivity contribution in [1.29, 1.82) is 5.26 Å². The molecule has 0 radical (unpaired) electrons.